The van der Waals surface area contributed by atoms with Crippen LogP contribution >= 0.6 is 7.82 Å². The molecule has 0 aromatic rings. The van der Waals surface area contributed by atoms with Gasteiger partial charge in [-0.2, -0.15) is 0 Å². The average molecular weight is 917 g/mol. The SMILES string of the molecule is CCCCCC/C=C/CCCCCCCCCCCC(=O)O[C@@H](COC(=O)CCC/C=C/C/C=C/CCCCCCCCCCC)COP(=O)(O)OC1C(O)C(O)C(O)[C@H](O)C1O. The molecule has 1 rings (SSSR count). The topological polar surface area (TPSA) is 210 Å². The van der Waals surface area contributed by atoms with E-state index in [1.165, 1.54) is 116 Å². The van der Waals surface area contributed by atoms with E-state index in [2.05, 4.69) is 44.2 Å². The normalized spacial score (nSPS) is 22.0. The molecule has 0 heterocycles. The molecular formula is C49H89O13P. The van der Waals surface area contributed by atoms with Gasteiger partial charge in [0, 0.05) is 12.8 Å². The number of phosphoric acid groups is 1. The Labute approximate surface area is 380 Å². The Morgan fingerprint density at radius 2 is 0.873 bits per heavy atom. The lowest BCUT2D eigenvalue weighted by Gasteiger charge is -2.41. The Kier molecular flexibility index (Phi) is 36.8. The fourth-order valence-corrected chi connectivity index (χ4v) is 8.41. The van der Waals surface area contributed by atoms with Crippen LogP contribution in [-0.2, 0) is 32.7 Å². The highest BCUT2D eigenvalue weighted by atomic mass is 31.2. The monoisotopic (exact) mass is 917 g/mol. The second-order valence-electron chi connectivity index (χ2n) is 17.3. The zero-order valence-corrected chi connectivity index (χ0v) is 40.0. The van der Waals surface area contributed by atoms with E-state index in [0.717, 1.165) is 44.9 Å². The Bertz CT molecular complexity index is 1240. The molecule has 1 aliphatic carbocycles. The minimum atomic E-state index is -5.13. The molecule has 0 radical (unpaired) electrons. The van der Waals surface area contributed by atoms with Crippen LogP contribution in [0.1, 0.15) is 206 Å². The lowest BCUT2D eigenvalue weighted by atomic mass is 9.85. The van der Waals surface area contributed by atoms with E-state index in [9.17, 15) is 44.6 Å². The summed E-state index contributed by atoms with van der Waals surface area (Å²) < 4.78 is 33.5. The number of hydrogen-bond donors (Lipinski definition) is 6. The van der Waals surface area contributed by atoms with Gasteiger partial charge in [-0.05, 0) is 64.2 Å². The number of ether oxygens (including phenoxy) is 2. The molecule has 0 aromatic carbocycles. The molecule has 14 heteroatoms. The Balaban J connectivity index is 2.45. The number of esters is 2. The Morgan fingerprint density at radius 3 is 1.37 bits per heavy atom. The molecule has 8 atom stereocenters. The van der Waals surface area contributed by atoms with Crippen LogP contribution in [0.5, 0.6) is 0 Å². The number of allylic oxidation sites excluding steroid dienone is 6. The lowest BCUT2D eigenvalue weighted by molar-refractivity contribution is -0.220. The van der Waals surface area contributed by atoms with E-state index < -0.39 is 75.7 Å². The summed E-state index contributed by atoms with van der Waals surface area (Å²) in [6.07, 6.45) is 32.0. The summed E-state index contributed by atoms with van der Waals surface area (Å²) in [6.45, 7) is 3.27. The highest BCUT2D eigenvalue weighted by molar-refractivity contribution is 7.47. The maximum Gasteiger partial charge on any atom is 0.472 e. The minimum absolute atomic E-state index is 0.0865. The van der Waals surface area contributed by atoms with E-state index in [4.69, 9.17) is 18.5 Å². The summed E-state index contributed by atoms with van der Waals surface area (Å²) in [5, 5.41) is 50.2. The number of aliphatic hydroxyl groups excluding tert-OH is 5. The fraction of sp³-hybridized carbons (Fsp3) is 0.837. The maximum absolute atomic E-state index is 12.8. The number of unbranched alkanes of at least 4 members (excludes halogenated alkanes) is 23. The van der Waals surface area contributed by atoms with E-state index in [1.807, 2.05) is 6.08 Å². The number of hydrogen-bond acceptors (Lipinski definition) is 12. The zero-order chi connectivity index (χ0) is 46.4. The molecule has 63 heavy (non-hydrogen) atoms. The second kappa shape index (κ2) is 39.3. The van der Waals surface area contributed by atoms with Crippen molar-refractivity contribution in [3.63, 3.8) is 0 Å². The summed E-state index contributed by atoms with van der Waals surface area (Å²) in [5.74, 6) is -1.15. The first-order valence-corrected chi connectivity index (χ1v) is 26.3. The van der Waals surface area contributed by atoms with Gasteiger partial charge >= 0.3 is 19.8 Å². The molecule has 0 bridgehead atoms. The van der Waals surface area contributed by atoms with Crippen LogP contribution in [-0.4, -0.2) is 98.3 Å². The van der Waals surface area contributed by atoms with Crippen LogP contribution < -0.4 is 0 Å². The van der Waals surface area contributed by atoms with Gasteiger partial charge in [-0.1, -0.05) is 166 Å². The number of rotatable bonds is 41. The van der Waals surface area contributed by atoms with Crippen molar-refractivity contribution in [2.24, 2.45) is 0 Å². The van der Waals surface area contributed by atoms with Crippen molar-refractivity contribution in [1.29, 1.82) is 0 Å². The number of phosphoric ester groups is 1. The van der Waals surface area contributed by atoms with Gasteiger partial charge in [-0.15, -0.1) is 0 Å². The van der Waals surface area contributed by atoms with Crippen LogP contribution in [0.3, 0.4) is 0 Å². The van der Waals surface area contributed by atoms with Crippen LogP contribution in [0.15, 0.2) is 36.5 Å². The first-order chi connectivity index (χ1) is 30.4. The molecule has 368 valence electrons. The predicted molar refractivity (Wildman–Crippen MR) is 249 cm³/mol. The van der Waals surface area contributed by atoms with E-state index in [1.54, 1.807) is 0 Å². The van der Waals surface area contributed by atoms with E-state index in [-0.39, 0.29) is 12.8 Å². The third-order valence-electron chi connectivity index (χ3n) is 11.5. The molecular weight excluding hydrogens is 828 g/mol. The molecule has 0 aliphatic heterocycles. The van der Waals surface area contributed by atoms with Gasteiger partial charge in [-0.25, -0.2) is 4.57 Å². The van der Waals surface area contributed by atoms with E-state index in [0.29, 0.717) is 19.3 Å². The van der Waals surface area contributed by atoms with Crippen LogP contribution in [0, 0.1) is 0 Å². The van der Waals surface area contributed by atoms with Gasteiger partial charge < -0.3 is 39.9 Å². The van der Waals surface area contributed by atoms with Crippen LogP contribution in [0.2, 0.25) is 0 Å². The van der Waals surface area contributed by atoms with Gasteiger partial charge in [-0.3, -0.25) is 18.6 Å². The third kappa shape index (κ3) is 31.6. The molecule has 0 amide bonds. The largest absolute Gasteiger partial charge is 0.472 e. The highest BCUT2D eigenvalue weighted by Crippen LogP contribution is 2.47. The molecule has 0 spiro atoms. The van der Waals surface area contributed by atoms with Crippen molar-refractivity contribution in [3.8, 4) is 0 Å². The zero-order valence-electron chi connectivity index (χ0n) is 39.1. The Hall–Kier alpha value is -1.93. The molecule has 6 unspecified atom stereocenters. The van der Waals surface area contributed by atoms with Gasteiger partial charge in [0.1, 0.15) is 43.2 Å². The first-order valence-electron chi connectivity index (χ1n) is 24.8. The van der Waals surface area contributed by atoms with Crippen molar-refractivity contribution in [2.45, 2.75) is 249 Å². The summed E-state index contributed by atoms with van der Waals surface area (Å²) in [7, 11) is -5.13. The third-order valence-corrected chi connectivity index (χ3v) is 12.4. The number of carbonyl (C=O) groups excluding carboxylic acids is 2. The van der Waals surface area contributed by atoms with Crippen molar-refractivity contribution in [3.05, 3.63) is 36.5 Å². The molecule has 0 aromatic heterocycles. The quantitative estimate of drug-likeness (QED) is 0.0146. The summed E-state index contributed by atoms with van der Waals surface area (Å²) in [4.78, 5) is 35.7. The van der Waals surface area contributed by atoms with Crippen LogP contribution in [0.25, 0.3) is 0 Å². The molecule has 1 aliphatic rings. The highest BCUT2D eigenvalue weighted by Gasteiger charge is 2.51. The minimum Gasteiger partial charge on any atom is -0.462 e. The fourth-order valence-electron chi connectivity index (χ4n) is 7.44. The average Bonchev–Trinajstić information content (AvgIpc) is 3.26. The molecule has 0 saturated heterocycles. The maximum atomic E-state index is 12.8. The van der Waals surface area contributed by atoms with Crippen molar-refractivity contribution in [1.82, 2.24) is 0 Å². The number of carbonyl (C=O) groups is 2. The molecule has 6 N–H and O–H groups in total. The van der Waals surface area contributed by atoms with Crippen molar-refractivity contribution >= 4 is 19.8 Å². The van der Waals surface area contributed by atoms with Crippen molar-refractivity contribution < 1.29 is 63.1 Å². The van der Waals surface area contributed by atoms with Gasteiger partial charge in [0.25, 0.3) is 0 Å². The van der Waals surface area contributed by atoms with Gasteiger partial charge in [0.05, 0.1) is 6.61 Å². The summed E-state index contributed by atoms with van der Waals surface area (Å²) in [6, 6.07) is 0. The molecule has 1 fully saturated rings. The standard InChI is InChI=1S/C49H89O13P/c1-3-5-7-9-11-13-15-17-19-21-23-25-27-29-31-33-35-37-42(50)59-39-41(40-60-63(57,58)62-49-47(55)45(53)44(52)46(54)48(49)56)61-43(51)38-36-34-32-30-28-26-24-22-20-18-16-14-12-10-8-6-4-2/h14,16,23,25,29,31,41,44-49,52-56H,3-13,15,17-22,24,26-28,30,32-40H2,1-2H3,(H,57,58)/b16-14+,25-23+,31-29+/t41-,44?,45-,46?,47?,48?,49?/m0/s1. The van der Waals surface area contributed by atoms with E-state index >= 15 is 0 Å². The summed E-state index contributed by atoms with van der Waals surface area (Å²) >= 11 is 0. The lowest BCUT2D eigenvalue weighted by Crippen LogP contribution is -2.64. The number of aliphatic hydroxyl groups is 5. The van der Waals surface area contributed by atoms with Gasteiger partial charge in [0.15, 0.2) is 6.10 Å². The Morgan fingerprint density at radius 1 is 0.492 bits per heavy atom. The first kappa shape index (κ1) is 59.1. The molecule has 1 saturated carbocycles. The van der Waals surface area contributed by atoms with Crippen LogP contribution in [0.4, 0.5) is 0 Å². The predicted octanol–water partition coefficient (Wildman–Crippen LogP) is 10.2. The summed E-state index contributed by atoms with van der Waals surface area (Å²) in [5.41, 5.74) is 0. The smallest absolute Gasteiger partial charge is 0.462 e. The second-order valence-corrected chi connectivity index (χ2v) is 18.7. The van der Waals surface area contributed by atoms with Gasteiger partial charge in [0.2, 0.25) is 0 Å². The van der Waals surface area contributed by atoms with Crippen molar-refractivity contribution in [2.75, 3.05) is 13.2 Å². The molecule has 13 nitrogen and oxygen atoms in total.